The first-order valence-corrected chi connectivity index (χ1v) is 9.35. The van der Waals surface area contributed by atoms with Crippen LogP contribution in [0.1, 0.15) is 23.2 Å². The lowest BCUT2D eigenvalue weighted by Gasteiger charge is -2.32. The highest BCUT2D eigenvalue weighted by Gasteiger charge is 2.30. The van der Waals surface area contributed by atoms with Gasteiger partial charge in [-0.15, -0.1) is 0 Å². The number of likely N-dealkylation sites (tertiary alicyclic amines) is 1. The summed E-state index contributed by atoms with van der Waals surface area (Å²) in [5.74, 6) is -0.561. The fraction of sp³-hybridized carbons (Fsp3) is 0.227. The van der Waals surface area contributed by atoms with Crippen molar-refractivity contribution in [3.63, 3.8) is 0 Å². The van der Waals surface area contributed by atoms with Crippen molar-refractivity contribution in [3.05, 3.63) is 66.4 Å². The predicted molar refractivity (Wildman–Crippen MR) is 107 cm³/mol. The van der Waals surface area contributed by atoms with Crippen LogP contribution in [0.15, 0.2) is 60.8 Å². The number of carbonyl (C=O) groups excluding carboxylic acids is 2. The van der Waals surface area contributed by atoms with Crippen molar-refractivity contribution < 1.29 is 14.7 Å². The lowest BCUT2D eigenvalue weighted by molar-refractivity contribution is -0.121. The second-order valence-electron chi connectivity index (χ2n) is 6.98. The molecule has 4 rings (SSSR count). The number of hydrogen-bond donors (Lipinski definition) is 2. The molecule has 0 spiro atoms. The van der Waals surface area contributed by atoms with Crippen LogP contribution in [0.3, 0.4) is 0 Å². The number of amides is 2. The van der Waals surface area contributed by atoms with E-state index in [4.69, 9.17) is 0 Å². The monoisotopic (exact) mass is 375 g/mol. The van der Waals surface area contributed by atoms with Crippen LogP contribution in [0.2, 0.25) is 0 Å². The zero-order chi connectivity index (χ0) is 19.5. The molecule has 1 fully saturated rings. The van der Waals surface area contributed by atoms with Crippen LogP contribution in [0.4, 0.5) is 5.82 Å². The number of fused-ring (bicyclic) bond motifs is 1. The number of aromatic nitrogens is 1. The second kappa shape index (κ2) is 7.68. The van der Waals surface area contributed by atoms with E-state index in [1.165, 1.54) is 12.3 Å². The Labute approximate surface area is 162 Å². The smallest absolute Gasteiger partial charge is 0.254 e. The fourth-order valence-electron chi connectivity index (χ4n) is 3.67. The average Bonchev–Trinajstić information content (AvgIpc) is 2.74. The average molecular weight is 375 g/mol. The van der Waals surface area contributed by atoms with Gasteiger partial charge in [-0.05, 0) is 41.8 Å². The largest absolute Gasteiger partial charge is 0.504 e. The Kier molecular flexibility index (Phi) is 4.93. The molecule has 1 aliphatic heterocycles. The van der Waals surface area contributed by atoms with Crippen LogP contribution in [0.5, 0.6) is 5.75 Å². The van der Waals surface area contributed by atoms with Crippen molar-refractivity contribution in [2.75, 3.05) is 18.4 Å². The highest BCUT2D eigenvalue weighted by Crippen LogP contribution is 2.25. The van der Waals surface area contributed by atoms with E-state index >= 15 is 0 Å². The Morgan fingerprint density at radius 3 is 2.75 bits per heavy atom. The number of aromatic hydroxyl groups is 1. The SMILES string of the molecule is O=C(Nc1ncccc1O)C1CCCN(C(=O)c2cccc3ccccc23)C1. The molecular formula is C22H21N3O3. The van der Waals surface area contributed by atoms with Crippen molar-refractivity contribution in [2.45, 2.75) is 12.8 Å². The third kappa shape index (κ3) is 3.53. The summed E-state index contributed by atoms with van der Waals surface area (Å²) in [5, 5.41) is 14.4. The molecule has 0 radical (unpaired) electrons. The van der Waals surface area contributed by atoms with Gasteiger partial charge in [0.2, 0.25) is 5.91 Å². The van der Waals surface area contributed by atoms with Gasteiger partial charge in [0.25, 0.3) is 5.91 Å². The quantitative estimate of drug-likeness (QED) is 0.735. The predicted octanol–water partition coefficient (Wildman–Crippen LogP) is 3.43. The molecule has 2 aromatic carbocycles. The Morgan fingerprint density at radius 1 is 1.07 bits per heavy atom. The Hall–Kier alpha value is -3.41. The summed E-state index contributed by atoms with van der Waals surface area (Å²) in [4.78, 5) is 31.5. The Balaban J connectivity index is 1.51. The first-order chi connectivity index (χ1) is 13.6. The second-order valence-corrected chi connectivity index (χ2v) is 6.98. The summed E-state index contributed by atoms with van der Waals surface area (Å²) in [7, 11) is 0. The number of rotatable bonds is 3. The van der Waals surface area contributed by atoms with E-state index < -0.39 is 0 Å². The molecular weight excluding hydrogens is 354 g/mol. The number of benzene rings is 2. The summed E-state index contributed by atoms with van der Waals surface area (Å²) in [6.45, 7) is 0.974. The molecule has 3 aromatic rings. The van der Waals surface area contributed by atoms with Gasteiger partial charge in [-0.1, -0.05) is 36.4 Å². The maximum absolute atomic E-state index is 13.1. The maximum Gasteiger partial charge on any atom is 0.254 e. The Bertz CT molecular complexity index is 1030. The third-order valence-electron chi connectivity index (χ3n) is 5.13. The van der Waals surface area contributed by atoms with Crippen LogP contribution < -0.4 is 5.32 Å². The number of carbonyl (C=O) groups is 2. The molecule has 6 nitrogen and oxygen atoms in total. The van der Waals surface area contributed by atoms with Gasteiger partial charge in [0, 0.05) is 24.8 Å². The van der Waals surface area contributed by atoms with Gasteiger partial charge in [-0.25, -0.2) is 4.98 Å². The van der Waals surface area contributed by atoms with Gasteiger partial charge in [-0.3, -0.25) is 9.59 Å². The van der Waals surface area contributed by atoms with E-state index in [2.05, 4.69) is 10.3 Å². The summed E-state index contributed by atoms with van der Waals surface area (Å²) in [6, 6.07) is 16.6. The van der Waals surface area contributed by atoms with Gasteiger partial charge in [0.05, 0.1) is 5.92 Å². The molecule has 1 aromatic heterocycles. The summed E-state index contributed by atoms with van der Waals surface area (Å²) in [5.41, 5.74) is 0.654. The molecule has 2 heterocycles. The van der Waals surface area contributed by atoms with Gasteiger partial charge in [-0.2, -0.15) is 0 Å². The molecule has 1 saturated heterocycles. The standard InChI is InChI=1S/C22H21N3O3/c26-19-11-4-12-23-20(19)24-21(27)16-8-5-13-25(14-16)22(28)18-10-3-7-15-6-1-2-9-17(15)18/h1-4,6-7,9-12,16,26H,5,8,13-14H2,(H,23,24,27). The molecule has 1 aliphatic rings. The lowest BCUT2D eigenvalue weighted by Crippen LogP contribution is -2.43. The first-order valence-electron chi connectivity index (χ1n) is 9.35. The van der Waals surface area contributed by atoms with Crippen molar-refractivity contribution >= 4 is 28.4 Å². The number of anilines is 1. The first kappa shape index (κ1) is 18.0. The molecule has 0 aliphatic carbocycles. The number of piperidine rings is 1. The number of pyridine rings is 1. The summed E-state index contributed by atoms with van der Waals surface area (Å²) in [6.07, 6.45) is 2.95. The minimum absolute atomic E-state index is 0.0602. The molecule has 1 atom stereocenters. The van der Waals surface area contributed by atoms with Crippen molar-refractivity contribution in [3.8, 4) is 5.75 Å². The van der Waals surface area contributed by atoms with Crippen LogP contribution in [-0.4, -0.2) is 39.9 Å². The lowest BCUT2D eigenvalue weighted by atomic mass is 9.95. The van der Waals surface area contributed by atoms with Crippen LogP contribution >= 0.6 is 0 Å². The minimum atomic E-state index is -0.339. The maximum atomic E-state index is 13.1. The van der Waals surface area contributed by atoms with Gasteiger partial charge in [0.1, 0.15) is 0 Å². The molecule has 2 amide bonds. The molecule has 2 N–H and O–H groups in total. The number of nitrogens with one attached hydrogen (secondary N) is 1. The van der Waals surface area contributed by atoms with Crippen molar-refractivity contribution in [2.24, 2.45) is 5.92 Å². The van der Waals surface area contributed by atoms with E-state index in [9.17, 15) is 14.7 Å². The molecule has 1 unspecified atom stereocenters. The van der Waals surface area contributed by atoms with Crippen molar-refractivity contribution in [1.82, 2.24) is 9.88 Å². The van der Waals surface area contributed by atoms with Crippen molar-refractivity contribution in [1.29, 1.82) is 0 Å². The third-order valence-corrected chi connectivity index (χ3v) is 5.13. The topological polar surface area (TPSA) is 82.5 Å². The van der Waals surface area contributed by atoms with Crippen LogP contribution in [0, 0.1) is 5.92 Å². The minimum Gasteiger partial charge on any atom is -0.504 e. The Morgan fingerprint density at radius 2 is 1.89 bits per heavy atom. The highest BCUT2D eigenvalue weighted by molar-refractivity contribution is 6.07. The van der Waals surface area contributed by atoms with E-state index in [-0.39, 0.29) is 29.3 Å². The molecule has 0 bridgehead atoms. The van der Waals surface area contributed by atoms with Gasteiger partial charge < -0.3 is 15.3 Å². The van der Waals surface area contributed by atoms with E-state index in [1.807, 2.05) is 42.5 Å². The van der Waals surface area contributed by atoms with Gasteiger partial charge in [0.15, 0.2) is 11.6 Å². The molecule has 0 saturated carbocycles. The highest BCUT2D eigenvalue weighted by atomic mass is 16.3. The molecule has 142 valence electrons. The van der Waals surface area contributed by atoms with E-state index in [0.717, 1.165) is 17.2 Å². The zero-order valence-corrected chi connectivity index (χ0v) is 15.3. The van der Waals surface area contributed by atoms with Gasteiger partial charge >= 0.3 is 0 Å². The number of hydrogen-bond acceptors (Lipinski definition) is 4. The summed E-state index contributed by atoms with van der Waals surface area (Å²) < 4.78 is 0. The fourth-order valence-corrected chi connectivity index (χ4v) is 3.67. The normalized spacial score (nSPS) is 16.7. The zero-order valence-electron chi connectivity index (χ0n) is 15.3. The number of nitrogens with zero attached hydrogens (tertiary/aromatic N) is 2. The van der Waals surface area contributed by atoms with Crippen LogP contribution in [0.25, 0.3) is 10.8 Å². The van der Waals surface area contributed by atoms with E-state index in [1.54, 1.807) is 11.0 Å². The van der Waals surface area contributed by atoms with E-state index in [0.29, 0.717) is 25.1 Å². The molecule has 28 heavy (non-hydrogen) atoms. The van der Waals surface area contributed by atoms with Crippen LogP contribution in [-0.2, 0) is 4.79 Å². The summed E-state index contributed by atoms with van der Waals surface area (Å²) >= 11 is 0. The molecule has 6 heteroatoms.